The van der Waals surface area contributed by atoms with Crippen molar-refractivity contribution >= 4 is 33.7 Å². The highest BCUT2D eigenvalue weighted by Crippen LogP contribution is 2.04. The molecule has 0 radical (unpaired) electrons. The fourth-order valence-electron chi connectivity index (χ4n) is 1.40. The molecule has 0 aromatic heterocycles. The predicted octanol–water partition coefficient (Wildman–Crippen LogP) is -0.873. The van der Waals surface area contributed by atoms with Gasteiger partial charge >= 0.3 is 12.2 Å². The summed E-state index contributed by atoms with van der Waals surface area (Å²) in [5, 5.41) is 0.945. The standard InChI is InChI=1S/C12H19N3O6S/c1-4-21-12(18)10(6-5-9(16)7-14-13)15-11(17)8(2)22(3,19)20/h7-8,10,13H,4-6H2,1-3H3/p+1/t8-,10-/m0/s1. The lowest BCUT2D eigenvalue weighted by Crippen LogP contribution is -2.47. The lowest BCUT2D eigenvalue weighted by molar-refractivity contribution is -0.147. The Morgan fingerprint density at radius 1 is 1.36 bits per heavy atom. The van der Waals surface area contributed by atoms with E-state index in [9.17, 15) is 22.8 Å². The van der Waals surface area contributed by atoms with Crippen LogP contribution in [0.3, 0.4) is 0 Å². The zero-order valence-corrected chi connectivity index (χ0v) is 13.5. The molecule has 0 fully saturated rings. The van der Waals surface area contributed by atoms with Crippen LogP contribution in [0.4, 0.5) is 0 Å². The number of rotatable bonds is 9. The van der Waals surface area contributed by atoms with E-state index in [0.29, 0.717) is 0 Å². The van der Waals surface area contributed by atoms with Crippen LogP contribution in [0.1, 0.15) is 26.7 Å². The van der Waals surface area contributed by atoms with E-state index in [0.717, 1.165) is 12.5 Å². The molecule has 0 saturated heterocycles. The second-order valence-corrected chi connectivity index (χ2v) is 6.91. The van der Waals surface area contributed by atoms with Crippen molar-refractivity contribution in [2.24, 2.45) is 0 Å². The van der Waals surface area contributed by atoms with E-state index in [1.165, 1.54) is 6.92 Å². The average Bonchev–Trinajstić information content (AvgIpc) is 2.41. The molecule has 0 aromatic carbocycles. The first-order valence-electron chi connectivity index (χ1n) is 6.52. The molecule has 0 bridgehead atoms. The molecule has 9 nitrogen and oxygen atoms in total. The summed E-state index contributed by atoms with van der Waals surface area (Å²) >= 11 is 0. The van der Waals surface area contributed by atoms with E-state index in [2.05, 4.69) is 10.1 Å². The van der Waals surface area contributed by atoms with Crippen molar-refractivity contribution in [2.75, 3.05) is 12.9 Å². The zero-order chi connectivity index (χ0) is 17.3. The monoisotopic (exact) mass is 334 g/mol. The molecule has 0 heterocycles. The van der Waals surface area contributed by atoms with E-state index in [1.807, 2.05) is 0 Å². The van der Waals surface area contributed by atoms with Crippen molar-refractivity contribution in [2.45, 2.75) is 38.0 Å². The molecule has 0 aromatic rings. The quantitative estimate of drug-likeness (QED) is 0.242. The van der Waals surface area contributed by atoms with Gasteiger partial charge < -0.3 is 10.1 Å². The highest BCUT2D eigenvalue weighted by Gasteiger charge is 2.29. The summed E-state index contributed by atoms with van der Waals surface area (Å²) in [6, 6.07) is -1.14. The molecule has 0 rings (SSSR count). The zero-order valence-electron chi connectivity index (χ0n) is 12.7. The summed E-state index contributed by atoms with van der Waals surface area (Å²) in [5.41, 5.74) is 6.53. The van der Waals surface area contributed by atoms with E-state index in [4.69, 9.17) is 10.3 Å². The lowest BCUT2D eigenvalue weighted by atomic mass is 10.1. The summed E-state index contributed by atoms with van der Waals surface area (Å²) in [6.45, 7) is 2.85. The van der Waals surface area contributed by atoms with Gasteiger partial charge in [0.15, 0.2) is 9.84 Å². The molecule has 2 atom stereocenters. The molecule has 0 aliphatic rings. The normalized spacial score (nSPS) is 13.4. The molecular weight excluding hydrogens is 314 g/mol. The van der Waals surface area contributed by atoms with Crippen molar-refractivity contribution in [3.63, 3.8) is 0 Å². The highest BCUT2D eigenvalue weighted by molar-refractivity contribution is 7.92. The Morgan fingerprint density at radius 3 is 2.41 bits per heavy atom. The third-order valence-electron chi connectivity index (χ3n) is 2.79. The molecule has 1 amide bonds. The van der Waals surface area contributed by atoms with Crippen LogP contribution in [0.25, 0.3) is 0 Å². The Morgan fingerprint density at radius 2 is 1.95 bits per heavy atom. The number of ketones is 1. The largest absolute Gasteiger partial charge is 0.464 e. The Bertz CT molecular complexity index is 580. The average molecular weight is 334 g/mol. The topological polar surface area (TPSA) is 145 Å². The van der Waals surface area contributed by atoms with Gasteiger partial charge in [-0.25, -0.2) is 13.2 Å². The third-order valence-corrected chi connectivity index (χ3v) is 4.29. The van der Waals surface area contributed by atoms with Crippen LogP contribution in [-0.4, -0.2) is 61.2 Å². The van der Waals surface area contributed by atoms with Crippen molar-refractivity contribution in [1.29, 1.82) is 5.53 Å². The maximum Gasteiger partial charge on any atom is 0.372 e. The van der Waals surface area contributed by atoms with Crippen molar-refractivity contribution in [3.8, 4) is 0 Å². The SMILES string of the molecule is CCOC(=O)[C@H](CCC(=O)C=[N+]=N)NC(=O)[C@H](C)S(C)(=O)=O. The molecule has 0 spiro atoms. The summed E-state index contributed by atoms with van der Waals surface area (Å²) in [6.07, 6.45) is 1.47. The molecular formula is C12H20N3O6S+. The van der Waals surface area contributed by atoms with Crippen molar-refractivity contribution in [1.82, 2.24) is 5.32 Å². The number of Topliss-reactive ketones (excluding diaryl/α,β-unsaturated/α-hetero) is 1. The Labute approximate surface area is 128 Å². The molecule has 0 aliphatic heterocycles. The Hall–Kier alpha value is -2.06. The minimum Gasteiger partial charge on any atom is -0.464 e. The number of esters is 1. The maximum absolute atomic E-state index is 11.8. The van der Waals surface area contributed by atoms with Gasteiger partial charge in [-0.3, -0.25) is 9.59 Å². The van der Waals surface area contributed by atoms with E-state index < -0.39 is 38.8 Å². The highest BCUT2D eigenvalue weighted by atomic mass is 32.2. The number of carbonyl (C=O) groups excluding carboxylic acids is 3. The van der Waals surface area contributed by atoms with Crippen molar-refractivity contribution in [3.05, 3.63) is 0 Å². The second kappa shape index (κ2) is 9.06. The van der Waals surface area contributed by atoms with Crippen LogP contribution in [0.5, 0.6) is 0 Å². The molecule has 0 aliphatic carbocycles. The number of ether oxygens (including phenoxy) is 1. The van der Waals surface area contributed by atoms with E-state index in [1.54, 1.807) is 6.92 Å². The molecule has 10 heteroatoms. The van der Waals surface area contributed by atoms with Crippen LogP contribution in [0.2, 0.25) is 0 Å². The van der Waals surface area contributed by atoms with Gasteiger partial charge in [0.25, 0.3) is 0 Å². The van der Waals surface area contributed by atoms with Crippen LogP contribution < -0.4 is 5.32 Å². The summed E-state index contributed by atoms with van der Waals surface area (Å²) in [5.74, 6) is -2.09. The second-order valence-electron chi connectivity index (χ2n) is 4.55. The number of sulfone groups is 1. The summed E-state index contributed by atoms with van der Waals surface area (Å²) < 4.78 is 27.4. The first kappa shape index (κ1) is 19.9. The number of nitrogens with zero attached hydrogens (tertiary/aromatic N) is 1. The smallest absolute Gasteiger partial charge is 0.372 e. The van der Waals surface area contributed by atoms with Crippen LogP contribution >= 0.6 is 0 Å². The first-order valence-corrected chi connectivity index (χ1v) is 8.47. The van der Waals surface area contributed by atoms with Gasteiger partial charge in [-0.15, -0.1) is 0 Å². The molecule has 124 valence electrons. The molecule has 0 saturated carbocycles. The number of nitrogens with one attached hydrogen (secondary N) is 2. The van der Waals surface area contributed by atoms with Crippen molar-refractivity contribution < 1.29 is 32.3 Å². The van der Waals surface area contributed by atoms with Gasteiger partial charge in [-0.2, -0.15) is 0 Å². The minimum atomic E-state index is -3.60. The molecule has 22 heavy (non-hydrogen) atoms. The van der Waals surface area contributed by atoms with Gasteiger partial charge in [0.2, 0.25) is 11.7 Å². The number of carbonyl (C=O) groups is 3. The molecule has 2 N–H and O–H groups in total. The van der Waals surface area contributed by atoms with Crippen LogP contribution in [0, 0.1) is 5.53 Å². The summed E-state index contributed by atoms with van der Waals surface area (Å²) in [4.78, 5) is 37.7. The first-order chi connectivity index (χ1) is 10.1. The van der Waals surface area contributed by atoms with Gasteiger partial charge in [0, 0.05) is 12.7 Å². The predicted molar refractivity (Wildman–Crippen MR) is 76.2 cm³/mol. The minimum absolute atomic E-state index is 0.0775. The summed E-state index contributed by atoms with van der Waals surface area (Å²) in [7, 11) is -3.60. The maximum atomic E-state index is 11.8. The van der Waals surface area contributed by atoms with E-state index >= 15 is 0 Å². The number of hydrogen-bond donors (Lipinski definition) is 2. The van der Waals surface area contributed by atoms with E-state index in [-0.39, 0.29) is 19.4 Å². The van der Waals surface area contributed by atoms with Gasteiger partial charge in [0.05, 0.1) is 16.9 Å². The van der Waals surface area contributed by atoms with Gasteiger partial charge in [0.1, 0.15) is 11.3 Å². The number of hydrogen-bond acceptors (Lipinski definition) is 7. The fraction of sp³-hybridized carbons (Fsp3) is 0.667. The van der Waals surface area contributed by atoms with Gasteiger partial charge in [-0.1, -0.05) is 0 Å². The third kappa shape index (κ3) is 7.09. The Balaban J connectivity index is 4.94. The van der Waals surface area contributed by atoms with Crippen LogP contribution in [0.15, 0.2) is 0 Å². The van der Waals surface area contributed by atoms with Crippen LogP contribution in [-0.2, 0) is 29.0 Å². The molecule has 0 unspecified atom stereocenters. The lowest BCUT2D eigenvalue weighted by Gasteiger charge is -2.18. The number of amides is 1. The fourth-order valence-corrected chi connectivity index (χ4v) is 1.86. The van der Waals surface area contributed by atoms with Gasteiger partial charge in [-0.05, 0) is 20.3 Å². The Kier molecular flexibility index (Phi) is 8.21.